The van der Waals surface area contributed by atoms with Crippen LogP contribution in [-0.2, 0) is 6.18 Å². The maximum Gasteiger partial charge on any atom is 0.416 e. The van der Waals surface area contributed by atoms with Crippen LogP contribution < -0.4 is 10.6 Å². The Morgan fingerprint density at radius 1 is 1.43 bits per heavy atom. The molecular weight excluding hydrogens is 279 g/mol. The van der Waals surface area contributed by atoms with Crippen LogP contribution in [-0.4, -0.2) is 19.1 Å². The molecule has 6 heteroatoms. The average molecular weight is 297 g/mol. The standard InChI is InChI=1S/C15H18F3N3/c1-2-10-9-21(6-5-13(10)20)14-4-3-12(15(16,17)18)7-11(14)8-19/h3-4,7,10,13H,2,5-6,9,20H2,1H3. The summed E-state index contributed by atoms with van der Waals surface area (Å²) in [5, 5.41) is 9.15. The molecule has 1 aromatic carbocycles. The molecule has 1 aliphatic rings. The molecule has 1 saturated heterocycles. The highest BCUT2D eigenvalue weighted by atomic mass is 19.4. The van der Waals surface area contributed by atoms with E-state index < -0.39 is 11.7 Å². The lowest BCUT2D eigenvalue weighted by atomic mass is 9.90. The molecule has 2 N–H and O–H groups in total. The van der Waals surface area contributed by atoms with Crippen LogP contribution in [0.4, 0.5) is 18.9 Å². The van der Waals surface area contributed by atoms with Crippen molar-refractivity contribution in [3.63, 3.8) is 0 Å². The van der Waals surface area contributed by atoms with Gasteiger partial charge in [-0.2, -0.15) is 18.4 Å². The summed E-state index contributed by atoms with van der Waals surface area (Å²) in [6.07, 6.45) is -2.73. The third-order valence-electron chi connectivity index (χ3n) is 4.10. The number of nitrogens with two attached hydrogens (primary N) is 1. The van der Waals surface area contributed by atoms with Crippen LogP contribution in [0.25, 0.3) is 0 Å². The number of rotatable bonds is 2. The van der Waals surface area contributed by atoms with Gasteiger partial charge < -0.3 is 10.6 Å². The molecule has 2 rings (SSSR count). The number of hydrogen-bond donors (Lipinski definition) is 1. The molecule has 0 bridgehead atoms. The minimum atomic E-state index is -4.43. The van der Waals surface area contributed by atoms with E-state index >= 15 is 0 Å². The van der Waals surface area contributed by atoms with E-state index in [1.807, 2.05) is 17.9 Å². The molecule has 21 heavy (non-hydrogen) atoms. The SMILES string of the molecule is CCC1CN(c2ccc(C(F)(F)F)cc2C#N)CCC1N. The number of alkyl halides is 3. The first kappa shape index (κ1) is 15.6. The van der Waals surface area contributed by atoms with Crippen molar-refractivity contribution < 1.29 is 13.2 Å². The summed E-state index contributed by atoms with van der Waals surface area (Å²) in [5.41, 5.74) is 5.88. The molecule has 0 saturated carbocycles. The predicted molar refractivity (Wildman–Crippen MR) is 74.7 cm³/mol. The zero-order chi connectivity index (χ0) is 15.6. The van der Waals surface area contributed by atoms with Gasteiger partial charge in [-0.1, -0.05) is 13.3 Å². The molecule has 0 spiro atoms. The quantitative estimate of drug-likeness (QED) is 0.912. The van der Waals surface area contributed by atoms with Gasteiger partial charge in [0.05, 0.1) is 16.8 Å². The summed E-state index contributed by atoms with van der Waals surface area (Å²) < 4.78 is 38.1. The van der Waals surface area contributed by atoms with E-state index in [2.05, 4.69) is 0 Å². The van der Waals surface area contributed by atoms with Crippen LogP contribution in [0.3, 0.4) is 0 Å². The van der Waals surface area contributed by atoms with E-state index in [4.69, 9.17) is 11.0 Å². The molecule has 1 fully saturated rings. The summed E-state index contributed by atoms with van der Waals surface area (Å²) in [6, 6.07) is 5.34. The lowest BCUT2D eigenvalue weighted by Crippen LogP contribution is -2.47. The van der Waals surface area contributed by atoms with E-state index in [-0.39, 0.29) is 11.6 Å². The molecule has 0 radical (unpaired) electrons. The van der Waals surface area contributed by atoms with Crippen LogP contribution in [0.1, 0.15) is 30.9 Å². The van der Waals surface area contributed by atoms with Crippen molar-refractivity contribution in [3.05, 3.63) is 29.3 Å². The van der Waals surface area contributed by atoms with E-state index in [1.165, 1.54) is 6.07 Å². The van der Waals surface area contributed by atoms with Crippen LogP contribution >= 0.6 is 0 Å². The maximum absolute atomic E-state index is 12.7. The summed E-state index contributed by atoms with van der Waals surface area (Å²) in [5.74, 6) is 0.299. The smallest absolute Gasteiger partial charge is 0.370 e. The molecule has 2 unspecified atom stereocenters. The van der Waals surface area contributed by atoms with E-state index in [0.29, 0.717) is 24.7 Å². The highest BCUT2D eigenvalue weighted by Gasteiger charge is 2.32. The molecule has 1 aliphatic heterocycles. The van der Waals surface area contributed by atoms with Crippen LogP contribution in [0.5, 0.6) is 0 Å². The van der Waals surface area contributed by atoms with E-state index in [0.717, 1.165) is 25.0 Å². The van der Waals surface area contributed by atoms with Gasteiger partial charge in [0.15, 0.2) is 0 Å². The van der Waals surface area contributed by atoms with Crippen LogP contribution in [0, 0.1) is 17.2 Å². The van der Waals surface area contributed by atoms with Gasteiger partial charge in [0.1, 0.15) is 6.07 Å². The fourth-order valence-electron chi connectivity index (χ4n) is 2.78. The first-order valence-electron chi connectivity index (χ1n) is 6.98. The van der Waals surface area contributed by atoms with Gasteiger partial charge in [-0.25, -0.2) is 0 Å². The lowest BCUT2D eigenvalue weighted by Gasteiger charge is -2.38. The Hall–Kier alpha value is -1.74. The monoisotopic (exact) mass is 297 g/mol. The second kappa shape index (κ2) is 5.94. The first-order chi connectivity index (χ1) is 9.86. The zero-order valence-electron chi connectivity index (χ0n) is 11.8. The van der Waals surface area contributed by atoms with Crippen molar-refractivity contribution in [2.24, 2.45) is 11.7 Å². The predicted octanol–water partition coefficient (Wildman–Crippen LogP) is 3.14. The van der Waals surface area contributed by atoms with E-state index in [9.17, 15) is 13.2 Å². The fraction of sp³-hybridized carbons (Fsp3) is 0.533. The third-order valence-corrected chi connectivity index (χ3v) is 4.10. The normalized spacial score (nSPS) is 23.0. The molecule has 2 atom stereocenters. The van der Waals surface area contributed by atoms with Crippen molar-refractivity contribution in [1.29, 1.82) is 5.26 Å². The summed E-state index contributed by atoms with van der Waals surface area (Å²) >= 11 is 0. The number of benzene rings is 1. The number of anilines is 1. The Morgan fingerprint density at radius 2 is 2.14 bits per heavy atom. The highest BCUT2D eigenvalue weighted by molar-refractivity contribution is 5.61. The van der Waals surface area contributed by atoms with Crippen molar-refractivity contribution in [3.8, 4) is 6.07 Å². The van der Waals surface area contributed by atoms with Gasteiger partial charge in [0, 0.05) is 19.1 Å². The lowest BCUT2D eigenvalue weighted by molar-refractivity contribution is -0.137. The van der Waals surface area contributed by atoms with Gasteiger partial charge >= 0.3 is 6.18 Å². The van der Waals surface area contributed by atoms with Crippen molar-refractivity contribution in [2.45, 2.75) is 32.0 Å². The third kappa shape index (κ3) is 3.30. The first-order valence-corrected chi connectivity index (χ1v) is 6.98. The molecule has 114 valence electrons. The minimum absolute atomic E-state index is 0.0650. The summed E-state index contributed by atoms with van der Waals surface area (Å²) in [4.78, 5) is 1.97. The van der Waals surface area contributed by atoms with Gasteiger partial charge in [0.25, 0.3) is 0 Å². The molecule has 3 nitrogen and oxygen atoms in total. The van der Waals surface area contributed by atoms with Crippen molar-refractivity contribution >= 4 is 5.69 Å². The molecular formula is C15H18F3N3. The summed E-state index contributed by atoms with van der Waals surface area (Å²) in [6.45, 7) is 3.39. The minimum Gasteiger partial charge on any atom is -0.370 e. The van der Waals surface area contributed by atoms with Gasteiger partial charge in [-0.3, -0.25) is 0 Å². The molecule has 1 aromatic rings. The van der Waals surface area contributed by atoms with E-state index in [1.54, 1.807) is 0 Å². The fourth-order valence-corrected chi connectivity index (χ4v) is 2.78. The number of hydrogen-bond acceptors (Lipinski definition) is 3. The Labute approximate surface area is 122 Å². The Kier molecular flexibility index (Phi) is 4.43. The number of nitrogens with zero attached hydrogens (tertiary/aromatic N) is 2. The number of nitriles is 1. The van der Waals surface area contributed by atoms with Gasteiger partial charge in [-0.15, -0.1) is 0 Å². The topological polar surface area (TPSA) is 53.0 Å². The Morgan fingerprint density at radius 3 is 2.71 bits per heavy atom. The average Bonchev–Trinajstić information content (AvgIpc) is 2.46. The van der Waals surface area contributed by atoms with Crippen LogP contribution in [0.15, 0.2) is 18.2 Å². The Bertz CT molecular complexity index is 548. The largest absolute Gasteiger partial charge is 0.416 e. The second-order valence-electron chi connectivity index (χ2n) is 5.41. The molecule has 1 heterocycles. The van der Waals surface area contributed by atoms with Crippen molar-refractivity contribution in [1.82, 2.24) is 0 Å². The Balaban J connectivity index is 2.30. The maximum atomic E-state index is 12.7. The molecule has 0 amide bonds. The number of piperidine rings is 1. The molecule has 0 aliphatic carbocycles. The summed E-state index contributed by atoms with van der Waals surface area (Å²) in [7, 11) is 0. The highest BCUT2D eigenvalue weighted by Crippen LogP contribution is 2.34. The second-order valence-corrected chi connectivity index (χ2v) is 5.41. The van der Waals surface area contributed by atoms with Crippen LogP contribution in [0.2, 0.25) is 0 Å². The zero-order valence-corrected chi connectivity index (χ0v) is 11.8. The van der Waals surface area contributed by atoms with Crippen molar-refractivity contribution in [2.75, 3.05) is 18.0 Å². The number of halogens is 3. The van der Waals surface area contributed by atoms with Gasteiger partial charge in [0.2, 0.25) is 0 Å². The molecule has 0 aromatic heterocycles. The van der Waals surface area contributed by atoms with Gasteiger partial charge in [-0.05, 0) is 30.5 Å².